The monoisotopic (exact) mass is 1250 g/mol. The Morgan fingerprint density at radius 3 is 0.966 bits per heavy atom. The first kappa shape index (κ1) is 85.7. The molecule has 0 radical (unpaired) electrons. The number of likely N-dealkylation sites (N-methyl/N-ethyl adjacent to an activating group) is 1. The summed E-state index contributed by atoms with van der Waals surface area (Å²) in [6.45, 7) is 4.82. The highest BCUT2D eigenvalue weighted by Gasteiger charge is 2.25. The number of allylic oxidation sites excluding steroid dienone is 12. The van der Waals surface area contributed by atoms with Crippen LogP contribution in [0.2, 0.25) is 0 Å². The largest absolute Gasteiger partial charge is 0.477 e. The molecular formula is C80H146NO8+. The number of esters is 2. The average Bonchev–Trinajstić information content (AvgIpc) is 3.70. The minimum Gasteiger partial charge on any atom is -0.477 e. The van der Waals surface area contributed by atoms with Crippen molar-refractivity contribution in [3.63, 3.8) is 0 Å². The van der Waals surface area contributed by atoms with Gasteiger partial charge in [0.2, 0.25) is 0 Å². The van der Waals surface area contributed by atoms with Gasteiger partial charge in [0.25, 0.3) is 6.29 Å². The summed E-state index contributed by atoms with van der Waals surface area (Å²) in [4.78, 5) is 37.7. The minimum absolute atomic E-state index is 0.178. The van der Waals surface area contributed by atoms with Gasteiger partial charge in [-0.2, -0.15) is 0 Å². The van der Waals surface area contributed by atoms with Gasteiger partial charge in [0.05, 0.1) is 34.4 Å². The van der Waals surface area contributed by atoms with E-state index >= 15 is 0 Å². The molecule has 0 aromatic carbocycles. The van der Waals surface area contributed by atoms with Crippen molar-refractivity contribution in [1.82, 2.24) is 0 Å². The van der Waals surface area contributed by atoms with Crippen LogP contribution in [0.25, 0.3) is 0 Å². The predicted molar refractivity (Wildman–Crippen MR) is 383 cm³/mol. The summed E-state index contributed by atoms with van der Waals surface area (Å²) in [6.07, 6.45) is 91.8. The number of carboxylic acids is 1. The number of rotatable bonds is 71. The second-order valence-electron chi connectivity index (χ2n) is 26.9. The van der Waals surface area contributed by atoms with E-state index in [1.807, 2.05) is 21.1 Å². The maximum absolute atomic E-state index is 13.0. The molecule has 1 N–H and O–H groups in total. The lowest BCUT2D eigenvalue weighted by Crippen LogP contribution is -2.40. The SMILES string of the molecule is CC/C=C\C/C=C\C/C=C\C/C=C\C/C=C\CCCCCCCCCCCCCCCCCCCCCCCC(=O)OC(COC(=O)CCCCCCCCCCCCCCCCC/C=C\CCCCCCCCCC)COC(OCC[N+](C)(C)C)C(=O)O. The lowest BCUT2D eigenvalue weighted by molar-refractivity contribution is -0.870. The van der Waals surface area contributed by atoms with E-state index in [2.05, 4.69) is 86.8 Å². The second-order valence-corrected chi connectivity index (χ2v) is 26.9. The molecule has 0 aliphatic heterocycles. The summed E-state index contributed by atoms with van der Waals surface area (Å²) in [5.41, 5.74) is 0. The summed E-state index contributed by atoms with van der Waals surface area (Å²) in [6, 6.07) is 0. The lowest BCUT2D eigenvalue weighted by atomic mass is 10.0. The quantitative estimate of drug-likeness (QED) is 0.0211. The van der Waals surface area contributed by atoms with Crippen LogP contribution in [-0.4, -0.2) is 87.4 Å². The maximum atomic E-state index is 13.0. The highest BCUT2D eigenvalue weighted by molar-refractivity contribution is 5.71. The molecule has 0 heterocycles. The zero-order chi connectivity index (χ0) is 64.7. The standard InChI is InChI=1S/C80H145NO8/c1-6-8-10-12-14-16-18-20-22-24-26-28-30-32-34-35-36-37-38-39-40-41-42-43-45-47-49-51-53-55-57-59-61-63-65-67-69-71-78(83)89-76(75-88-80(79(84)85)86-73-72-81(3,4)5)74-87-77(82)70-68-66-64-62-60-58-56-54-52-50-48-46-44-33-31-29-27-25-23-21-19-17-15-13-11-9-7-2/h8,10,14,16,20,22,25-28,32,34,76,80H,6-7,9,11-13,15,17-19,21,23-24,29-31,33,35-75H2,1-5H3/p+1/b10-8-,16-14-,22-20-,27-25-,28-26-,34-32-. The van der Waals surface area contributed by atoms with E-state index < -0.39 is 18.4 Å². The lowest BCUT2D eigenvalue weighted by Gasteiger charge is -2.25. The van der Waals surface area contributed by atoms with Crippen LogP contribution in [0.5, 0.6) is 0 Å². The number of aliphatic carboxylic acids is 1. The van der Waals surface area contributed by atoms with Gasteiger partial charge in [-0.05, 0) is 83.5 Å². The number of quaternary nitrogens is 1. The highest BCUT2D eigenvalue weighted by Crippen LogP contribution is 2.19. The smallest absolute Gasteiger partial charge is 0.361 e. The van der Waals surface area contributed by atoms with Gasteiger partial charge in [0, 0.05) is 12.8 Å². The van der Waals surface area contributed by atoms with Crippen molar-refractivity contribution < 1.29 is 42.9 Å². The molecule has 518 valence electrons. The first-order valence-corrected chi connectivity index (χ1v) is 38.1. The number of carboxylic acid groups (broad SMARTS) is 1. The van der Waals surface area contributed by atoms with E-state index in [4.69, 9.17) is 18.9 Å². The predicted octanol–water partition coefficient (Wildman–Crippen LogP) is 24.0. The van der Waals surface area contributed by atoms with Gasteiger partial charge in [-0.15, -0.1) is 0 Å². The van der Waals surface area contributed by atoms with E-state index in [0.29, 0.717) is 17.4 Å². The van der Waals surface area contributed by atoms with E-state index in [0.717, 1.165) is 70.6 Å². The topological polar surface area (TPSA) is 108 Å². The molecule has 0 saturated carbocycles. The molecule has 9 heteroatoms. The number of carbonyl (C=O) groups excluding carboxylic acids is 2. The Bertz CT molecular complexity index is 1690. The molecule has 0 aliphatic carbocycles. The van der Waals surface area contributed by atoms with Gasteiger partial charge in [-0.25, -0.2) is 4.79 Å². The Balaban J connectivity index is 4.01. The van der Waals surface area contributed by atoms with Crippen molar-refractivity contribution in [2.45, 2.75) is 373 Å². The van der Waals surface area contributed by atoms with E-state index in [-0.39, 0.29) is 38.2 Å². The summed E-state index contributed by atoms with van der Waals surface area (Å²) in [5, 5.41) is 9.76. The molecule has 0 aliphatic rings. The van der Waals surface area contributed by atoms with Crippen molar-refractivity contribution in [3.8, 4) is 0 Å². The van der Waals surface area contributed by atoms with E-state index in [1.54, 1.807) is 0 Å². The van der Waals surface area contributed by atoms with Crippen molar-refractivity contribution in [2.24, 2.45) is 0 Å². The Kier molecular flexibility index (Phi) is 68.0. The molecule has 2 unspecified atom stereocenters. The maximum Gasteiger partial charge on any atom is 0.361 e. The minimum atomic E-state index is -1.51. The second kappa shape index (κ2) is 70.6. The number of ether oxygens (including phenoxy) is 4. The number of hydrogen-bond acceptors (Lipinski definition) is 7. The summed E-state index contributed by atoms with van der Waals surface area (Å²) < 4.78 is 23.0. The zero-order valence-electron chi connectivity index (χ0n) is 59.3. The van der Waals surface area contributed by atoms with E-state index in [9.17, 15) is 19.5 Å². The molecule has 0 saturated heterocycles. The number of carbonyl (C=O) groups is 3. The number of nitrogens with zero attached hydrogens (tertiary/aromatic N) is 1. The first-order valence-electron chi connectivity index (χ1n) is 38.1. The Labute approximate surface area is 551 Å². The Morgan fingerprint density at radius 1 is 0.348 bits per heavy atom. The van der Waals surface area contributed by atoms with Crippen molar-refractivity contribution in [3.05, 3.63) is 72.9 Å². The zero-order valence-corrected chi connectivity index (χ0v) is 59.3. The molecule has 0 aromatic rings. The molecule has 0 aromatic heterocycles. The van der Waals surface area contributed by atoms with Crippen LogP contribution >= 0.6 is 0 Å². The Hall–Kier alpha value is -3.27. The van der Waals surface area contributed by atoms with Crippen LogP contribution in [-0.2, 0) is 33.3 Å². The molecule has 0 bridgehead atoms. The molecule has 0 rings (SSSR count). The molecule has 0 fully saturated rings. The first-order chi connectivity index (χ1) is 43.6. The fourth-order valence-electron chi connectivity index (χ4n) is 11.2. The number of hydrogen-bond donors (Lipinski definition) is 1. The summed E-state index contributed by atoms with van der Waals surface area (Å²) >= 11 is 0. The van der Waals surface area contributed by atoms with Crippen LogP contribution in [0.4, 0.5) is 0 Å². The van der Waals surface area contributed by atoms with Crippen LogP contribution in [0.15, 0.2) is 72.9 Å². The van der Waals surface area contributed by atoms with Gasteiger partial charge in [-0.1, -0.05) is 337 Å². The molecule has 2 atom stereocenters. The third-order valence-electron chi connectivity index (χ3n) is 16.9. The summed E-state index contributed by atoms with van der Waals surface area (Å²) in [5.74, 6) is -1.98. The van der Waals surface area contributed by atoms with Crippen LogP contribution in [0.3, 0.4) is 0 Å². The molecule has 0 spiro atoms. The van der Waals surface area contributed by atoms with Gasteiger partial charge in [0.1, 0.15) is 13.2 Å². The summed E-state index contributed by atoms with van der Waals surface area (Å²) in [7, 11) is 5.99. The Morgan fingerprint density at radius 2 is 0.640 bits per heavy atom. The van der Waals surface area contributed by atoms with Crippen molar-refractivity contribution >= 4 is 17.9 Å². The van der Waals surface area contributed by atoms with E-state index in [1.165, 1.54) is 263 Å². The average molecular weight is 1250 g/mol. The molecular weight excluding hydrogens is 1100 g/mol. The van der Waals surface area contributed by atoms with Crippen molar-refractivity contribution in [1.29, 1.82) is 0 Å². The van der Waals surface area contributed by atoms with Gasteiger partial charge < -0.3 is 28.5 Å². The van der Waals surface area contributed by atoms with Crippen molar-refractivity contribution in [2.75, 3.05) is 47.5 Å². The fourth-order valence-corrected chi connectivity index (χ4v) is 11.2. The number of unbranched alkanes of at least 4 members (excludes halogenated alkanes) is 44. The van der Waals surface area contributed by atoms with Crippen LogP contribution in [0.1, 0.15) is 361 Å². The molecule has 9 nitrogen and oxygen atoms in total. The van der Waals surface area contributed by atoms with Crippen LogP contribution < -0.4 is 0 Å². The van der Waals surface area contributed by atoms with Gasteiger partial charge >= 0.3 is 17.9 Å². The molecule has 89 heavy (non-hydrogen) atoms. The normalized spacial score (nSPS) is 13.0. The third kappa shape index (κ3) is 72.0. The van der Waals surface area contributed by atoms with Crippen LogP contribution in [0, 0.1) is 0 Å². The van der Waals surface area contributed by atoms with Gasteiger partial charge in [0.15, 0.2) is 6.10 Å². The van der Waals surface area contributed by atoms with Gasteiger partial charge in [-0.3, -0.25) is 9.59 Å². The fraction of sp³-hybridized carbons (Fsp3) is 0.812. The molecule has 0 amide bonds. The highest BCUT2D eigenvalue weighted by atomic mass is 16.7. The third-order valence-corrected chi connectivity index (χ3v) is 16.9.